The zero-order valence-electron chi connectivity index (χ0n) is 17.4. The van der Waals surface area contributed by atoms with E-state index >= 15 is 0 Å². The Hall–Kier alpha value is -3.05. The third-order valence-corrected chi connectivity index (χ3v) is 5.80. The maximum Gasteiger partial charge on any atom is 0.433 e. The summed E-state index contributed by atoms with van der Waals surface area (Å²) in [6, 6.07) is 7.26. The van der Waals surface area contributed by atoms with Crippen molar-refractivity contribution >= 4 is 27.5 Å². The van der Waals surface area contributed by atoms with Gasteiger partial charge < -0.3 is 24.6 Å². The zero-order chi connectivity index (χ0) is 23.5. The summed E-state index contributed by atoms with van der Waals surface area (Å²) in [4.78, 5) is 16.5. The number of nitrogens with zero attached hydrogens (tertiary/aromatic N) is 1. The highest BCUT2D eigenvalue weighted by Crippen LogP contribution is 2.37. The van der Waals surface area contributed by atoms with Crippen molar-refractivity contribution in [3.05, 3.63) is 46.5 Å². The summed E-state index contributed by atoms with van der Waals surface area (Å²) >= 11 is 0.865. The molecular weight excluding hydrogens is 449 g/mol. The van der Waals surface area contributed by atoms with Crippen molar-refractivity contribution < 1.29 is 37.3 Å². The standard InChI is InChI=1S/C21H21F3N2O5S/c1-11-13-7-8-16(21(22,23)24)26-20(13)32-18(11)19(28)25-9-12(27)10-31-17-14(29-2)5-4-6-15(17)30-3/h4-8,12,27H,9-10H2,1-3H3,(H,25,28). The van der Waals surface area contributed by atoms with Crippen LogP contribution in [0.4, 0.5) is 13.2 Å². The maximum atomic E-state index is 12.9. The van der Waals surface area contributed by atoms with Crippen molar-refractivity contribution in [3.8, 4) is 17.2 Å². The van der Waals surface area contributed by atoms with Crippen molar-refractivity contribution in [2.45, 2.75) is 19.2 Å². The lowest BCUT2D eigenvalue weighted by Gasteiger charge is -2.17. The molecule has 1 aromatic carbocycles. The van der Waals surface area contributed by atoms with E-state index in [1.165, 1.54) is 20.3 Å². The Bertz CT molecular complexity index is 1090. The number of aromatic nitrogens is 1. The highest BCUT2D eigenvalue weighted by Gasteiger charge is 2.33. The zero-order valence-corrected chi connectivity index (χ0v) is 18.3. The van der Waals surface area contributed by atoms with E-state index in [2.05, 4.69) is 10.3 Å². The van der Waals surface area contributed by atoms with Crippen LogP contribution in [0.15, 0.2) is 30.3 Å². The minimum atomic E-state index is -4.57. The first-order chi connectivity index (χ1) is 15.2. The first-order valence-corrected chi connectivity index (χ1v) is 10.2. The number of halogens is 3. The Morgan fingerprint density at radius 3 is 2.44 bits per heavy atom. The summed E-state index contributed by atoms with van der Waals surface area (Å²) in [6.07, 6.45) is -5.62. The van der Waals surface area contributed by atoms with Crippen LogP contribution in [0.1, 0.15) is 20.9 Å². The van der Waals surface area contributed by atoms with E-state index in [0.29, 0.717) is 28.2 Å². The van der Waals surface area contributed by atoms with E-state index in [1.54, 1.807) is 25.1 Å². The van der Waals surface area contributed by atoms with Gasteiger partial charge in [-0.1, -0.05) is 6.07 Å². The molecule has 3 rings (SSSR count). The van der Waals surface area contributed by atoms with E-state index in [4.69, 9.17) is 14.2 Å². The number of hydrogen-bond acceptors (Lipinski definition) is 7. The lowest BCUT2D eigenvalue weighted by Crippen LogP contribution is -2.35. The Labute approximate surface area is 185 Å². The number of methoxy groups -OCH3 is 2. The number of hydrogen-bond donors (Lipinski definition) is 2. The second-order valence-corrected chi connectivity index (χ2v) is 7.77. The summed E-state index contributed by atoms with van der Waals surface area (Å²) in [5.41, 5.74) is -0.495. The molecule has 3 aromatic rings. The number of para-hydroxylation sites is 1. The van der Waals surface area contributed by atoms with Crippen molar-refractivity contribution in [3.63, 3.8) is 0 Å². The number of thiophene rings is 1. The van der Waals surface area contributed by atoms with Gasteiger partial charge in [-0.15, -0.1) is 11.3 Å². The van der Waals surface area contributed by atoms with Crippen LogP contribution >= 0.6 is 11.3 Å². The van der Waals surface area contributed by atoms with Gasteiger partial charge in [0.25, 0.3) is 5.91 Å². The van der Waals surface area contributed by atoms with Gasteiger partial charge in [0.1, 0.15) is 23.2 Å². The van der Waals surface area contributed by atoms with Crippen LogP contribution in [-0.2, 0) is 6.18 Å². The number of aliphatic hydroxyl groups excluding tert-OH is 1. The van der Waals surface area contributed by atoms with Crippen molar-refractivity contribution in [1.82, 2.24) is 10.3 Å². The van der Waals surface area contributed by atoms with Crippen molar-refractivity contribution in [1.29, 1.82) is 0 Å². The van der Waals surface area contributed by atoms with Gasteiger partial charge in [-0.25, -0.2) is 4.98 Å². The fraction of sp³-hybridized carbons (Fsp3) is 0.333. The maximum absolute atomic E-state index is 12.9. The number of benzene rings is 1. The number of pyridine rings is 1. The van der Waals surface area contributed by atoms with Crippen molar-refractivity contribution in [2.24, 2.45) is 0 Å². The number of nitrogens with one attached hydrogen (secondary N) is 1. The molecule has 0 spiro atoms. The second-order valence-electron chi connectivity index (χ2n) is 6.77. The molecular formula is C21H21F3N2O5S. The lowest BCUT2D eigenvalue weighted by atomic mass is 10.1. The summed E-state index contributed by atoms with van der Waals surface area (Å²) < 4.78 is 54.7. The molecule has 0 bridgehead atoms. The molecule has 1 unspecified atom stereocenters. The topological polar surface area (TPSA) is 89.9 Å². The average Bonchev–Trinajstić information content (AvgIpc) is 3.11. The number of ether oxygens (including phenoxy) is 3. The summed E-state index contributed by atoms with van der Waals surface area (Å²) in [5, 5.41) is 13.3. The molecule has 0 fully saturated rings. The molecule has 0 radical (unpaired) electrons. The molecule has 172 valence electrons. The predicted octanol–water partition coefficient (Wildman–Crippen LogP) is 3.81. The number of fused-ring (bicyclic) bond motifs is 1. The van der Waals surface area contributed by atoms with Crippen molar-refractivity contribution in [2.75, 3.05) is 27.4 Å². The molecule has 7 nitrogen and oxygen atoms in total. The van der Waals surface area contributed by atoms with Gasteiger partial charge >= 0.3 is 6.18 Å². The molecule has 0 aliphatic rings. The molecule has 0 aliphatic carbocycles. The first-order valence-electron chi connectivity index (χ1n) is 9.43. The Kier molecular flexibility index (Phi) is 7.09. The van der Waals surface area contributed by atoms with Crippen LogP contribution in [-0.4, -0.2) is 49.5 Å². The van der Waals surface area contributed by atoms with Gasteiger partial charge in [-0.3, -0.25) is 4.79 Å². The van der Waals surface area contributed by atoms with Gasteiger partial charge in [0.2, 0.25) is 5.75 Å². The van der Waals surface area contributed by atoms with Crippen LogP contribution in [0.3, 0.4) is 0 Å². The van der Waals surface area contributed by atoms with E-state index in [0.717, 1.165) is 17.4 Å². The van der Waals surface area contributed by atoms with E-state index in [1.807, 2.05) is 0 Å². The Balaban J connectivity index is 1.64. The quantitative estimate of drug-likeness (QED) is 0.521. The van der Waals surface area contributed by atoms with Crippen LogP contribution in [0.2, 0.25) is 0 Å². The summed E-state index contributed by atoms with van der Waals surface area (Å²) in [6.45, 7) is 1.35. The largest absolute Gasteiger partial charge is 0.493 e. The molecule has 0 aliphatic heterocycles. The minimum Gasteiger partial charge on any atom is -0.493 e. The molecule has 1 atom stereocenters. The van der Waals surface area contributed by atoms with Crippen LogP contribution in [0, 0.1) is 6.92 Å². The third kappa shape index (κ3) is 5.05. The SMILES string of the molecule is COc1cccc(OC)c1OCC(O)CNC(=O)c1sc2nc(C(F)(F)F)ccc2c1C. The highest BCUT2D eigenvalue weighted by atomic mass is 32.1. The van der Waals surface area contributed by atoms with Crippen LogP contribution < -0.4 is 19.5 Å². The number of alkyl halides is 3. The highest BCUT2D eigenvalue weighted by molar-refractivity contribution is 7.20. The average molecular weight is 470 g/mol. The van der Waals surface area contributed by atoms with Gasteiger partial charge in [0.05, 0.1) is 19.1 Å². The smallest absolute Gasteiger partial charge is 0.433 e. The fourth-order valence-corrected chi connectivity index (χ4v) is 4.06. The minimum absolute atomic E-state index is 0.120. The second kappa shape index (κ2) is 9.61. The monoisotopic (exact) mass is 470 g/mol. The number of rotatable bonds is 8. The predicted molar refractivity (Wildman–Crippen MR) is 113 cm³/mol. The molecule has 11 heteroatoms. The molecule has 0 saturated carbocycles. The molecule has 2 aromatic heterocycles. The third-order valence-electron chi connectivity index (χ3n) is 4.60. The lowest BCUT2D eigenvalue weighted by molar-refractivity contribution is -0.140. The van der Waals surface area contributed by atoms with Gasteiger partial charge in [-0.05, 0) is 36.8 Å². The molecule has 0 saturated heterocycles. The van der Waals surface area contributed by atoms with E-state index in [9.17, 15) is 23.1 Å². The first kappa shape index (κ1) is 23.6. The van der Waals surface area contributed by atoms with Gasteiger partial charge in [-0.2, -0.15) is 13.2 Å². The molecule has 32 heavy (non-hydrogen) atoms. The molecule has 1 amide bonds. The summed E-state index contributed by atoms with van der Waals surface area (Å²) in [7, 11) is 2.94. The Morgan fingerprint density at radius 1 is 1.19 bits per heavy atom. The molecule has 2 N–H and O–H groups in total. The number of aliphatic hydroxyl groups is 1. The van der Waals surface area contributed by atoms with E-state index in [-0.39, 0.29) is 22.9 Å². The van der Waals surface area contributed by atoms with Gasteiger partial charge in [0.15, 0.2) is 11.5 Å². The number of carbonyl (C=O) groups excluding carboxylic acids is 1. The van der Waals surface area contributed by atoms with Crippen LogP contribution in [0.5, 0.6) is 17.2 Å². The number of carbonyl (C=O) groups is 1. The summed E-state index contributed by atoms with van der Waals surface area (Å²) in [5.74, 6) is 0.641. The molecule has 2 heterocycles. The Morgan fingerprint density at radius 2 is 1.84 bits per heavy atom. The fourth-order valence-electron chi connectivity index (χ4n) is 2.96. The number of amides is 1. The van der Waals surface area contributed by atoms with Crippen LogP contribution in [0.25, 0.3) is 10.2 Å². The van der Waals surface area contributed by atoms with Gasteiger partial charge in [0, 0.05) is 11.9 Å². The number of aryl methyl sites for hydroxylation is 1. The normalized spacial score (nSPS) is 12.5. The van der Waals surface area contributed by atoms with E-state index < -0.39 is 23.9 Å².